The monoisotopic (exact) mass is 331 g/mol. The van der Waals surface area contributed by atoms with Gasteiger partial charge in [0.25, 0.3) is 0 Å². The molecular formula is C12H15BrFN3O2. The fraction of sp³-hybridized carbons (Fsp3) is 0.333. The van der Waals surface area contributed by atoms with Crippen LogP contribution in [0, 0.1) is 5.82 Å². The smallest absolute Gasteiger partial charge is 0.238 e. The number of hydrogen-bond donors (Lipinski definition) is 2. The third kappa shape index (κ3) is 5.35. The molecule has 2 N–H and O–H groups in total. The number of carbonyl (C=O) groups is 2. The van der Waals surface area contributed by atoms with Gasteiger partial charge in [-0.3, -0.25) is 14.5 Å². The lowest BCUT2D eigenvalue weighted by atomic mass is 10.3. The molecule has 19 heavy (non-hydrogen) atoms. The van der Waals surface area contributed by atoms with Crippen LogP contribution in [0.4, 0.5) is 10.1 Å². The lowest BCUT2D eigenvalue weighted by molar-refractivity contribution is -0.122. The SMILES string of the molecule is CNC(=O)CN(C)CC(=O)Nc1ccc(Br)cc1F. The van der Waals surface area contributed by atoms with Crippen molar-refractivity contribution in [2.24, 2.45) is 0 Å². The molecule has 7 heteroatoms. The number of amides is 2. The highest BCUT2D eigenvalue weighted by molar-refractivity contribution is 9.10. The quantitative estimate of drug-likeness (QED) is 0.852. The van der Waals surface area contributed by atoms with Gasteiger partial charge in [-0.25, -0.2) is 4.39 Å². The summed E-state index contributed by atoms with van der Waals surface area (Å²) in [5, 5.41) is 4.91. The maximum atomic E-state index is 13.5. The molecule has 0 unspecified atom stereocenters. The lowest BCUT2D eigenvalue weighted by Crippen LogP contribution is -2.37. The van der Waals surface area contributed by atoms with Crippen molar-refractivity contribution in [2.45, 2.75) is 0 Å². The van der Waals surface area contributed by atoms with E-state index in [0.717, 1.165) is 0 Å². The summed E-state index contributed by atoms with van der Waals surface area (Å²) in [6.45, 7) is 0.107. The topological polar surface area (TPSA) is 61.4 Å². The number of halogens is 2. The summed E-state index contributed by atoms with van der Waals surface area (Å²) in [5.74, 6) is -1.09. The summed E-state index contributed by atoms with van der Waals surface area (Å²) in [5.41, 5.74) is 0.113. The van der Waals surface area contributed by atoms with Gasteiger partial charge in [0.05, 0.1) is 18.8 Å². The van der Waals surface area contributed by atoms with E-state index in [0.29, 0.717) is 4.47 Å². The Hall–Kier alpha value is -1.47. The van der Waals surface area contributed by atoms with E-state index in [1.54, 1.807) is 13.1 Å². The molecule has 1 aromatic rings. The van der Waals surface area contributed by atoms with Gasteiger partial charge in [-0.05, 0) is 25.2 Å². The molecule has 104 valence electrons. The van der Waals surface area contributed by atoms with E-state index in [4.69, 9.17) is 0 Å². The Labute approximate surface area is 119 Å². The number of anilines is 1. The Balaban J connectivity index is 2.53. The third-order valence-corrected chi connectivity index (χ3v) is 2.80. The molecule has 0 aromatic heterocycles. The number of benzene rings is 1. The molecule has 0 saturated heterocycles. The highest BCUT2D eigenvalue weighted by Crippen LogP contribution is 2.19. The van der Waals surface area contributed by atoms with Gasteiger partial charge < -0.3 is 10.6 Å². The molecule has 1 rings (SSSR count). The van der Waals surface area contributed by atoms with Gasteiger partial charge in [0, 0.05) is 11.5 Å². The van der Waals surface area contributed by atoms with E-state index in [1.165, 1.54) is 24.1 Å². The van der Waals surface area contributed by atoms with E-state index in [2.05, 4.69) is 26.6 Å². The second kappa shape index (κ2) is 7.20. The minimum atomic E-state index is -0.517. The predicted molar refractivity (Wildman–Crippen MR) is 74.3 cm³/mol. The number of nitrogens with zero attached hydrogens (tertiary/aromatic N) is 1. The first-order valence-corrected chi connectivity index (χ1v) is 6.35. The standard InChI is InChI=1S/C12H15BrFN3O2/c1-15-11(18)6-17(2)7-12(19)16-10-4-3-8(13)5-9(10)14/h3-5H,6-7H2,1-2H3,(H,15,18)(H,16,19). The Kier molecular flexibility index (Phi) is 5.91. The van der Waals surface area contributed by atoms with Crippen LogP contribution in [-0.4, -0.2) is 43.9 Å². The molecule has 0 spiro atoms. The number of carbonyl (C=O) groups excluding carboxylic acids is 2. The van der Waals surface area contributed by atoms with E-state index in [9.17, 15) is 14.0 Å². The molecule has 0 fully saturated rings. The minimum Gasteiger partial charge on any atom is -0.358 e. The lowest BCUT2D eigenvalue weighted by Gasteiger charge is -2.15. The van der Waals surface area contributed by atoms with Crippen LogP contribution < -0.4 is 10.6 Å². The van der Waals surface area contributed by atoms with Gasteiger partial charge in [0.2, 0.25) is 11.8 Å². The highest BCUT2D eigenvalue weighted by Gasteiger charge is 2.11. The van der Waals surface area contributed by atoms with E-state index in [1.807, 2.05) is 0 Å². The second-order valence-electron chi connectivity index (χ2n) is 4.02. The molecular weight excluding hydrogens is 317 g/mol. The van der Waals surface area contributed by atoms with Crippen LogP contribution in [0.2, 0.25) is 0 Å². The highest BCUT2D eigenvalue weighted by atomic mass is 79.9. The van der Waals surface area contributed by atoms with Crippen LogP contribution in [0.5, 0.6) is 0 Å². The van der Waals surface area contributed by atoms with Gasteiger partial charge in [-0.15, -0.1) is 0 Å². The molecule has 0 radical (unpaired) electrons. The van der Waals surface area contributed by atoms with Crippen LogP contribution in [0.25, 0.3) is 0 Å². The van der Waals surface area contributed by atoms with Crippen molar-refractivity contribution in [3.05, 3.63) is 28.5 Å². The first-order valence-electron chi connectivity index (χ1n) is 5.56. The maximum absolute atomic E-state index is 13.5. The first-order chi connectivity index (χ1) is 8.92. The van der Waals surface area contributed by atoms with Crippen molar-refractivity contribution in [3.8, 4) is 0 Å². The molecule has 0 atom stereocenters. The summed E-state index contributed by atoms with van der Waals surface area (Å²) in [7, 11) is 3.15. The van der Waals surface area contributed by atoms with Crippen LogP contribution in [0.15, 0.2) is 22.7 Å². The zero-order valence-corrected chi connectivity index (χ0v) is 12.3. The van der Waals surface area contributed by atoms with Crippen molar-refractivity contribution in [2.75, 3.05) is 32.5 Å². The molecule has 0 aliphatic heterocycles. The first kappa shape index (κ1) is 15.6. The van der Waals surface area contributed by atoms with Crippen molar-refractivity contribution in [3.63, 3.8) is 0 Å². The zero-order valence-electron chi connectivity index (χ0n) is 10.7. The van der Waals surface area contributed by atoms with Crippen LogP contribution in [0.1, 0.15) is 0 Å². The number of hydrogen-bond acceptors (Lipinski definition) is 3. The van der Waals surface area contributed by atoms with Gasteiger partial charge in [0.1, 0.15) is 5.82 Å². The zero-order chi connectivity index (χ0) is 14.4. The number of likely N-dealkylation sites (N-methyl/N-ethyl adjacent to an activating group) is 2. The van der Waals surface area contributed by atoms with Crippen LogP contribution in [-0.2, 0) is 9.59 Å². The van der Waals surface area contributed by atoms with Gasteiger partial charge in [-0.2, -0.15) is 0 Å². The molecule has 0 heterocycles. The van der Waals surface area contributed by atoms with Crippen LogP contribution >= 0.6 is 15.9 Å². The van der Waals surface area contributed by atoms with Crippen molar-refractivity contribution >= 4 is 33.4 Å². The molecule has 5 nitrogen and oxygen atoms in total. The minimum absolute atomic E-state index is 0.00290. The van der Waals surface area contributed by atoms with E-state index < -0.39 is 5.82 Å². The average molecular weight is 332 g/mol. The summed E-state index contributed by atoms with van der Waals surface area (Å²) in [6, 6.07) is 4.37. The largest absolute Gasteiger partial charge is 0.358 e. The normalized spacial score (nSPS) is 10.4. The predicted octanol–water partition coefficient (Wildman–Crippen LogP) is 1.20. The average Bonchev–Trinajstić information content (AvgIpc) is 2.32. The molecule has 0 aliphatic carbocycles. The Bertz CT molecular complexity index is 482. The maximum Gasteiger partial charge on any atom is 0.238 e. The Morgan fingerprint density at radius 2 is 1.95 bits per heavy atom. The molecule has 0 saturated carbocycles. The summed E-state index contributed by atoms with van der Waals surface area (Å²) < 4.78 is 14.1. The summed E-state index contributed by atoms with van der Waals surface area (Å²) >= 11 is 3.13. The molecule has 1 aromatic carbocycles. The number of nitrogens with one attached hydrogen (secondary N) is 2. The fourth-order valence-electron chi connectivity index (χ4n) is 1.41. The van der Waals surface area contributed by atoms with Crippen molar-refractivity contribution in [1.29, 1.82) is 0 Å². The van der Waals surface area contributed by atoms with E-state index in [-0.39, 0.29) is 30.6 Å². The molecule has 0 aliphatic rings. The van der Waals surface area contributed by atoms with Crippen molar-refractivity contribution in [1.82, 2.24) is 10.2 Å². The van der Waals surface area contributed by atoms with Crippen molar-refractivity contribution < 1.29 is 14.0 Å². The van der Waals surface area contributed by atoms with Gasteiger partial charge in [0.15, 0.2) is 0 Å². The Morgan fingerprint density at radius 1 is 1.32 bits per heavy atom. The number of rotatable bonds is 5. The fourth-order valence-corrected chi connectivity index (χ4v) is 1.74. The summed E-state index contributed by atoms with van der Waals surface area (Å²) in [4.78, 5) is 24.3. The second-order valence-corrected chi connectivity index (χ2v) is 4.93. The van der Waals surface area contributed by atoms with E-state index >= 15 is 0 Å². The van der Waals surface area contributed by atoms with Gasteiger partial charge >= 0.3 is 0 Å². The van der Waals surface area contributed by atoms with Crippen LogP contribution in [0.3, 0.4) is 0 Å². The van der Waals surface area contributed by atoms with Gasteiger partial charge in [-0.1, -0.05) is 15.9 Å². The Morgan fingerprint density at radius 3 is 2.53 bits per heavy atom. The molecule has 0 bridgehead atoms. The third-order valence-electron chi connectivity index (χ3n) is 2.31. The summed E-state index contributed by atoms with van der Waals surface area (Å²) in [6.07, 6.45) is 0. The molecule has 2 amide bonds.